The first-order valence-corrected chi connectivity index (χ1v) is 11.0. The standard InChI is InChI=1S/C22H22F6N2O3S/c1-13-11-29(17-3-5-18(6-4-17)33-22(26,27)28)12-14(2)30(13)34-19-8-15(9-20(31)32)7-16(10-19)21(23,24)25/h3-8,10,13-14H,9,11-12H2,1-2H3,(H,31,32). The molecule has 2 atom stereocenters. The number of nitrogens with zero attached hydrogens (tertiary/aromatic N) is 2. The summed E-state index contributed by atoms with van der Waals surface area (Å²) in [7, 11) is 0. The molecule has 0 radical (unpaired) electrons. The summed E-state index contributed by atoms with van der Waals surface area (Å²) < 4.78 is 82.9. The van der Waals surface area contributed by atoms with E-state index < -0.39 is 30.5 Å². The molecule has 34 heavy (non-hydrogen) atoms. The molecular weight excluding hydrogens is 486 g/mol. The Kier molecular flexibility index (Phi) is 7.61. The van der Waals surface area contributed by atoms with Crippen LogP contribution in [-0.4, -0.2) is 46.9 Å². The van der Waals surface area contributed by atoms with E-state index in [1.807, 2.05) is 23.1 Å². The van der Waals surface area contributed by atoms with E-state index >= 15 is 0 Å². The molecule has 0 spiro atoms. The highest BCUT2D eigenvalue weighted by molar-refractivity contribution is 7.97. The summed E-state index contributed by atoms with van der Waals surface area (Å²) in [4.78, 5) is 13.3. The SMILES string of the molecule is CC1CN(c2ccc(OC(F)(F)F)cc2)CC(C)N1Sc1cc(CC(=O)O)cc(C(F)(F)F)c1. The van der Waals surface area contributed by atoms with Crippen LogP contribution in [-0.2, 0) is 17.4 Å². The Morgan fingerprint density at radius 2 is 1.62 bits per heavy atom. The van der Waals surface area contributed by atoms with Crippen molar-refractivity contribution >= 4 is 23.6 Å². The number of anilines is 1. The molecule has 12 heteroatoms. The van der Waals surface area contributed by atoms with Crippen LogP contribution in [0.2, 0.25) is 0 Å². The number of ether oxygens (including phenoxy) is 1. The van der Waals surface area contributed by atoms with Crippen molar-refractivity contribution in [2.75, 3.05) is 18.0 Å². The number of piperazine rings is 1. The third-order valence-corrected chi connectivity index (χ3v) is 6.51. The van der Waals surface area contributed by atoms with Gasteiger partial charge in [-0.3, -0.25) is 4.79 Å². The molecule has 0 amide bonds. The lowest BCUT2D eigenvalue weighted by atomic mass is 10.1. The van der Waals surface area contributed by atoms with Gasteiger partial charge in [-0.1, -0.05) is 0 Å². The fourth-order valence-corrected chi connectivity index (χ4v) is 4.95. The average Bonchev–Trinajstić information content (AvgIpc) is 2.68. The highest BCUT2D eigenvalue weighted by Crippen LogP contribution is 2.37. The number of hydrogen-bond donors (Lipinski definition) is 1. The maximum absolute atomic E-state index is 13.3. The van der Waals surface area contributed by atoms with Crippen LogP contribution in [0.25, 0.3) is 0 Å². The molecule has 3 rings (SSSR count). The van der Waals surface area contributed by atoms with Gasteiger partial charge in [0, 0.05) is 35.8 Å². The second-order valence-corrected chi connectivity index (χ2v) is 9.11. The molecule has 1 saturated heterocycles. The van der Waals surface area contributed by atoms with Crippen LogP contribution in [0.3, 0.4) is 0 Å². The Labute approximate surface area is 196 Å². The van der Waals surface area contributed by atoms with Crippen LogP contribution in [0, 0.1) is 0 Å². The van der Waals surface area contributed by atoms with Gasteiger partial charge in [0.05, 0.1) is 12.0 Å². The van der Waals surface area contributed by atoms with E-state index in [9.17, 15) is 31.1 Å². The summed E-state index contributed by atoms with van der Waals surface area (Å²) in [6.45, 7) is 4.75. The van der Waals surface area contributed by atoms with Gasteiger partial charge in [0.15, 0.2) is 0 Å². The van der Waals surface area contributed by atoms with Gasteiger partial charge >= 0.3 is 18.5 Å². The Balaban J connectivity index is 1.74. The van der Waals surface area contributed by atoms with Gasteiger partial charge in [0.1, 0.15) is 5.75 Å². The zero-order valence-corrected chi connectivity index (χ0v) is 19.0. The topological polar surface area (TPSA) is 53.0 Å². The molecule has 0 aliphatic carbocycles. The first kappa shape index (κ1) is 26.0. The van der Waals surface area contributed by atoms with Crippen LogP contribution < -0.4 is 9.64 Å². The number of rotatable bonds is 6. The third-order valence-electron chi connectivity index (χ3n) is 5.13. The highest BCUT2D eigenvalue weighted by Gasteiger charge is 2.34. The van der Waals surface area contributed by atoms with Crippen molar-refractivity contribution in [2.45, 2.75) is 49.8 Å². The minimum atomic E-state index is -4.78. The summed E-state index contributed by atoms with van der Waals surface area (Å²) in [5.74, 6) is -1.55. The lowest BCUT2D eigenvalue weighted by Crippen LogP contribution is -2.53. The molecule has 1 aliphatic heterocycles. The van der Waals surface area contributed by atoms with E-state index in [1.165, 1.54) is 30.3 Å². The monoisotopic (exact) mass is 508 g/mol. The molecule has 2 aromatic carbocycles. The summed E-state index contributed by atoms with van der Waals surface area (Å²) in [6.07, 6.45) is -9.91. The smallest absolute Gasteiger partial charge is 0.481 e. The molecule has 5 nitrogen and oxygen atoms in total. The number of aliphatic carboxylic acids is 1. The molecule has 186 valence electrons. The first-order valence-electron chi connectivity index (χ1n) is 10.2. The Morgan fingerprint density at radius 1 is 1.03 bits per heavy atom. The number of carbonyl (C=O) groups is 1. The van der Waals surface area contributed by atoms with E-state index in [0.717, 1.165) is 24.1 Å². The summed E-state index contributed by atoms with van der Waals surface area (Å²) in [5, 5.41) is 9.00. The second-order valence-electron chi connectivity index (χ2n) is 8.03. The van der Waals surface area contributed by atoms with Gasteiger partial charge in [-0.15, -0.1) is 13.2 Å². The average molecular weight is 508 g/mol. The normalized spacial score (nSPS) is 19.8. The molecule has 2 aromatic rings. The summed E-state index contributed by atoms with van der Waals surface area (Å²) in [5.41, 5.74) is -0.153. The van der Waals surface area contributed by atoms with Gasteiger partial charge in [-0.25, -0.2) is 4.31 Å². The third kappa shape index (κ3) is 6.95. The van der Waals surface area contributed by atoms with Crippen LogP contribution in [0.15, 0.2) is 47.4 Å². The zero-order valence-electron chi connectivity index (χ0n) is 18.2. The van der Waals surface area contributed by atoms with Gasteiger partial charge in [-0.2, -0.15) is 13.2 Å². The number of hydrogen-bond acceptors (Lipinski definition) is 5. The lowest BCUT2D eigenvalue weighted by Gasteiger charge is -2.44. The predicted molar refractivity (Wildman–Crippen MR) is 115 cm³/mol. The molecule has 1 aliphatic rings. The molecule has 0 aromatic heterocycles. The van der Waals surface area contributed by atoms with Crippen molar-refractivity contribution in [1.29, 1.82) is 0 Å². The minimum absolute atomic E-state index is 0.0601. The van der Waals surface area contributed by atoms with E-state index in [-0.39, 0.29) is 28.3 Å². The van der Waals surface area contributed by atoms with Crippen LogP contribution in [0.5, 0.6) is 5.75 Å². The number of carboxylic acids is 1. The van der Waals surface area contributed by atoms with E-state index in [0.29, 0.717) is 18.8 Å². The number of benzene rings is 2. The van der Waals surface area contributed by atoms with Crippen molar-refractivity contribution in [1.82, 2.24) is 4.31 Å². The molecule has 1 heterocycles. The van der Waals surface area contributed by atoms with Crippen molar-refractivity contribution in [3.63, 3.8) is 0 Å². The van der Waals surface area contributed by atoms with E-state index in [4.69, 9.17) is 5.11 Å². The van der Waals surface area contributed by atoms with Crippen molar-refractivity contribution in [3.05, 3.63) is 53.6 Å². The van der Waals surface area contributed by atoms with Gasteiger partial charge in [0.2, 0.25) is 0 Å². The first-order chi connectivity index (χ1) is 15.7. The predicted octanol–water partition coefficient (Wildman–Crippen LogP) is 5.84. The largest absolute Gasteiger partial charge is 0.573 e. The van der Waals surface area contributed by atoms with Gasteiger partial charge in [0.25, 0.3) is 0 Å². The number of carboxylic acid groups (broad SMARTS) is 1. The van der Waals surface area contributed by atoms with E-state index in [1.54, 1.807) is 0 Å². The van der Waals surface area contributed by atoms with E-state index in [2.05, 4.69) is 4.74 Å². The number of halogens is 6. The lowest BCUT2D eigenvalue weighted by molar-refractivity contribution is -0.274. The molecule has 1 fully saturated rings. The fraction of sp³-hybridized carbons (Fsp3) is 0.409. The highest BCUT2D eigenvalue weighted by atomic mass is 32.2. The Hall–Kier alpha value is -2.60. The summed E-state index contributed by atoms with van der Waals surface area (Å²) in [6, 6.07) is 8.53. The molecule has 0 bridgehead atoms. The van der Waals surface area contributed by atoms with Crippen molar-refractivity contribution in [3.8, 4) is 5.75 Å². The van der Waals surface area contributed by atoms with Crippen molar-refractivity contribution < 1.29 is 41.0 Å². The summed E-state index contributed by atoms with van der Waals surface area (Å²) >= 11 is 1.13. The second kappa shape index (κ2) is 9.95. The molecular formula is C22H22F6N2O3S. The van der Waals surface area contributed by atoms with Crippen molar-refractivity contribution in [2.24, 2.45) is 0 Å². The maximum atomic E-state index is 13.3. The maximum Gasteiger partial charge on any atom is 0.573 e. The molecule has 2 unspecified atom stereocenters. The molecule has 1 N–H and O–H groups in total. The fourth-order valence-electron chi connectivity index (χ4n) is 3.83. The Bertz CT molecular complexity index is 1000. The quantitative estimate of drug-likeness (QED) is 0.391. The zero-order chi connectivity index (χ0) is 25.3. The number of alkyl halides is 6. The van der Waals surface area contributed by atoms with Crippen LogP contribution in [0.4, 0.5) is 32.0 Å². The Morgan fingerprint density at radius 3 is 2.12 bits per heavy atom. The van der Waals surface area contributed by atoms with Gasteiger partial charge < -0.3 is 14.7 Å². The van der Waals surface area contributed by atoms with Crippen LogP contribution in [0.1, 0.15) is 25.0 Å². The van der Waals surface area contributed by atoms with Gasteiger partial charge in [-0.05, 0) is 73.8 Å². The minimum Gasteiger partial charge on any atom is -0.481 e. The molecule has 0 saturated carbocycles. The van der Waals surface area contributed by atoms with Crippen LogP contribution >= 0.6 is 11.9 Å².